The van der Waals surface area contributed by atoms with E-state index in [0.717, 1.165) is 18.5 Å². The molecule has 130 valence electrons. The summed E-state index contributed by atoms with van der Waals surface area (Å²) < 4.78 is 0. The van der Waals surface area contributed by atoms with Crippen LogP contribution in [0.25, 0.3) is 0 Å². The summed E-state index contributed by atoms with van der Waals surface area (Å²) in [6, 6.07) is 11.1. The zero-order valence-electron chi connectivity index (χ0n) is 13.9. The number of hydrogen-bond donors (Lipinski definition) is 1. The van der Waals surface area contributed by atoms with Crippen molar-refractivity contribution < 1.29 is 14.4 Å². The van der Waals surface area contributed by atoms with Crippen molar-refractivity contribution in [3.05, 3.63) is 52.2 Å². The Morgan fingerprint density at radius 3 is 2.76 bits per heavy atom. The van der Waals surface area contributed by atoms with Crippen molar-refractivity contribution in [1.82, 2.24) is 4.90 Å². The first-order valence-electron chi connectivity index (χ1n) is 8.35. The Balaban J connectivity index is 1.52. The van der Waals surface area contributed by atoms with Gasteiger partial charge in [-0.3, -0.25) is 14.4 Å². The van der Waals surface area contributed by atoms with Crippen LogP contribution in [0.2, 0.25) is 0 Å². The molecule has 5 nitrogen and oxygen atoms in total. The number of carbonyl (C=O) groups excluding carboxylic acids is 3. The van der Waals surface area contributed by atoms with Crippen molar-refractivity contribution in [2.45, 2.75) is 32.2 Å². The molecule has 0 unspecified atom stereocenters. The molecule has 0 bridgehead atoms. The molecule has 2 aromatic rings. The molecule has 3 rings (SSSR count). The van der Waals surface area contributed by atoms with Crippen LogP contribution in [0.5, 0.6) is 0 Å². The maximum atomic E-state index is 12.1. The monoisotopic (exact) mass is 356 g/mol. The summed E-state index contributed by atoms with van der Waals surface area (Å²) in [6.45, 7) is 1.36. The molecule has 0 spiro atoms. The normalized spacial score (nSPS) is 13.9. The third-order valence-corrected chi connectivity index (χ3v) is 5.04. The highest BCUT2D eigenvalue weighted by Crippen LogP contribution is 2.18. The van der Waals surface area contributed by atoms with E-state index in [-0.39, 0.29) is 30.4 Å². The van der Waals surface area contributed by atoms with Crippen LogP contribution in [-0.2, 0) is 16.1 Å². The van der Waals surface area contributed by atoms with Crippen LogP contribution in [0, 0.1) is 0 Å². The van der Waals surface area contributed by atoms with Gasteiger partial charge in [-0.1, -0.05) is 18.2 Å². The molecule has 25 heavy (non-hydrogen) atoms. The number of nitrogens with zero attached hydrogens (tertiary/aromatic N) is 1. The van der Waals surface area contributed by atoms with E-state index in [1.165, 1.54) is 11.3 Å². The number of likely N-dealkylation sites (tertiary alicyclic amines) is 1. The summed E-state index contributed by atoms with van der Waals surface area (Å²) >= 11 is 1.39. The lowest BCUT2D eigenvalue weighted by Crippen LogP contribution is -2.23. The number of nitrogens with one attached hydrogen (secondary N) is 1. The number of benzene rings is 1. The second-order valence-electron chi connectivity index (χ2n) is 6.07. The second kappa shape index (κ2) is 8.07. The molecule has 6 heteroatoms. The van der Waals surface area contributed by atoms with Crippen LogP contribution in [0.15, 0.2) is 41.8 Å². The van der Waals surface area contributed by atoms with Crippen molar-refractivity contribution in [1.29, 1.82) is 0 Å². The first kappa shape index (κ1) is 17.4. The average Bonchev–Trinajstić information content (AvgIpc) is 3.26. The summed E-state index contributed by atoms with van der Waals surface area (Å²) in [4.78, 5) is 38.2. The fourth-order valence-corrected chi connectivity index (χ4v) is 3.54. The maximum absolute atomic E-state index is 12.1. The molecule has 1 aliphatic heterocycles. The standard InChI is InChI=1S/C19H20N2O3S/c22-16(17-6-3-11-25-17)8-9-18(23)20-15-5-1-4-14(12-15)13-21-10-2-7-19(21)24/h1,3-6,11-12H,2,7-10,13H2,(H,20,23). The number of ketones is 1. The predicted molar refractivity (Wildman–Crippen MR) is 97.6 cm³/mol. The highest BCUT2D eigenvalue weighted by atomic mass is 32.1. The van der Waals surface area contributed by atoms with E-state index < -0.39 is 0 Å². The maximum Gasteiger partial charge on any atom is 0.224 e. The van der Waals surface area contributed by atoms with Crippen LogP contribution >= 0.6 is 11.3 Å². The molecule has 0 saturated carbocycles. The van der Waals surface area contributed by atoms with Crippen molar-refractivity contribution >= 4 is 34.6 Å². The molecule has 1 N–H and O–H groups in total. The second-order valence-corrected chi connectivity index (χ2v) is 7.02. The summed E-state index contributed by atoms with van der Waals surface area (Å²) in [7, 11) is 0. The Morgan fingerprint density at radius 1 is 1.16 bits per heavy atom. The highest BCUT2D eigenvalue weighted by Gasteiger charge is 2.20. The number of hydrogen-bond acceptors (Lipinski definition) is 4. The lowest BCUT2D eigenvalue weighted by atomic mass is 10.1. The van der Waals surface area contributed by atoms with Crippen LogP contribution in [-0.4, -0.2) is 29.0 Å². The quantitative estimate of drug-likeness (QED) is 0.773. The van der Waals surface area contributed by atoms with Gasteiger partial charge in [-0.15, -0.1) is 11.3 Å². The summed E-state index contributed by atoms with van der Waals surface area (Å²) in [5.74, 6) is -0.00715. The van der Waals surface area contributed by atoms with Crippen LogP contribution < -0.4 is 5.32 Å². The number of amides is 2. The van der Waals surface area contributed by atoms with Gasteiger partial charge in [0.25, 0.3) is 0 Å². The summed E-state index contributed by atoms with van der Waals surface area (Å²) in [6.07, 6.45) is 1.89. The molecule has 0 atom stereocenters. The zero-order valence-corrected chi connectivity index (χ0v) is 14.7. The van der Waals surface area contributed by atoms with Gasteiger partial charge in [0.1, 0.15) is 0 Å². The van der Waals surface area contributed by atoms with E-state index in [2.05, 4.69) is 5.32 Å². The van der Waals surface area contributed by atoms with Crippen LogP contribution in [0.3, 0.4) is 0 Å². The van der Waals surface area contributed by atoms with Gasteiger partial charge in [-0.2, -0.15) is 0 Å². The number of anilines is 1. The Bertz CT molecular complexity index is 771. The first-order valence-corrected chi connectivity index (χ1v) is 9.23. The van der Waals surface area contributed by atoms with Crippen LogP contribution in [0.1, 0.15) is 40.9 Å². The van der Waals surface area contributed by atoms with Gasteiger partial charge in [0.2, 0.25) is 11.8 Å². The van der Waals surface area contributed by atoms with E-state index in [0.29, 0.717) is 23.5 Å². The SMILES string of the molecule is O=C(CCC(=O)c1cccs1)Nc1cccc(CN2CCCC2=O)c1. The molecular weight excluding hydrogens is 336 g/mol. The molecule has 1 aliphatic rings. The van der Waals surface area contributed by atoms with Gasteiger partial charge >= 0.3 is 0 Å². The van der Waals surface area contributed by atoms with Gasteiger partial charge < -0.3 is 10.2 Å². The molecule has 2 amide bonds. The van der Waals surface area contributed by atoms with Gasteiger partial charge in [0.15, 0.2) is 5.78 Å². The van der Waals surface area contributed by atoms with Crippen molar-refractivity contribution in [2.75, 3.05) is 11.9 Å². The van der Waals surface area contributed by atoms with Gasteiger partial charge in [-0.25, -0.2) is 0 Å². The third-order valence-electron chi connectivity index (χ3n) is 4.13. The molecule has 1 saturated heterocycles. The lowest BCUT2D eigenvalue weighted by molar-refractivity contribution is -0.128. The van der Waals surface area contributed by atoms with E-state index in [9.17, 15) is 14.4 Å². The van der Waals surface area contributed by atoms with Crippen LogP contribution in [0.4, 0.5) is 5.69 Å². The Morgan fingerprint density at radius 2 is 2.04 bits per heavy atom. The number of thiophene rings is 1. The van der Waals surface area contributed by atoms with Crippen molar-refractivity contribution in [2.24, 2.45) is 0 Å². The van der Waals surface area contributed by atoms with Gasteiger partial charge in [-0.05, 0) is 35.6 Å². The van der Waals surface area contributed by atoms with Crippen molar-refractivity contribution in [3.63, 3.8) is 0 Å². The highest BCUT2D eigenvalue weighted by molar-refractivity contribution is 7.12. The third kappa shape index (κ3) is 4.76. The molecule has 1 fully saturated rings. The van der Waals surface area contributed by atoms with Crippen molar-refractivity contribution in [3.8, 4) is 0 Å². The van der Waals surface area contributed by atoms with E-state index in [1.54, 1.807) is 6.07 Å². The smallest absolute Gasteiger partial charge is 0.224 e. The number of rotatable bonds is 7. The Hall–Kier alpha value is -2.47. The minimum absolute atomic E-state index is 0.00792. The Labute approximate surface area is 150 Å². The molecule has 0 aliphatic carbocycles. The van der Waals surface area contributed by atoms with E-state index in [4.69, 9.17) is 0 Å². The van der Waals surface area contributed by atoms with Gasteiger partial charge in [0, 0.05) is 38.0 Å². The van der Waals surface area contributed by atoms with E-state index in [1.807, 2.05) is 40.6 Å². The first-order chi connectivity index (χ1) is 12.1. The number of Topliss-reactive ketones (excluding diaryl/α,β-unsaturated/α-hetero) is 1. The lowest BCUT2D eigenvalue weighted by Gasteiger charge is -2.16. The minimum Gasteiger partial charge on any atom is -0.338 e. The fourth-order valence-electron chi connectivity index (χ4n) is 2.85. The van der Waals surface area contributed by atoms with Gasteiger partial charge in [0.05, 0.1) is 4.88 Å². The summed E-state index contributed by atoms with van der Waals surface area (Å²) in [5, 5.41) is 4.68. The average molecular weight is 356 g/mol. The summed E-state index contributed by atoms with van der Waals surface area (Å²) in [5.41, 5.74) is 1.68. The Kier molecular flexibility index (Phi) is 5.60. The molecule has 2 heterocycles. The molecule has 0 radical (unpaired) electrons. The fraction of sp³-hybridized carbons (Fsp3) is 0.316. The largest absolute Gasteiger partial charge is 0.338 e. The molecular formula is C19H20N2O3S. The predicted octanol–water partition coefficient (Wildman–Crippen LogP) is 3.47. The van der Waals surface area contributed by atoms with E-state index >= 15 is 0 Å². The molecule has 1 aromatic heterocycles. The molecule has 1 aromatic carbocycles. The number of carbonyl (C=O) groups is 3. The minimum atomic E-state index is -0.181. The zero-order chi connectivity index (χ0) is 17.6. The topological polar surface area (TPSA) is 66.5 Å².